The quantitative estimate of drug-likeness (QED) is 0.114. The monoisotopic (exact) mass is 658 g/mol. The zero-order chi connectivity index (χ0) is 30.1. The first-order valence-electron chi connectivity index (χ1n) is 14.5. The molecule has 3 nitrogen and oxygen atoms in total. The van der Waals surface area contributed by atoms with Crippen molar-refractivity contribution in [1.29, 1.82) is 0 Å². The fraction of sp³-hybridized carbons (Fsp3) is 0. The molecule has 1 heterocycles. The minimum Gasteiger partial charge on any atom is -0.248 e. The van der Waals surface area contributed by atoms with Crippen LogP contribution in [0, 0.1) is 0 Å². The highest BCUT2D eigenvalue weighted by molar-refractivity contribution is 8.32. The average molecular weight is 659 g/mol. The molecule has 0 saturated carbocycles. The van der Waals surface area contributed by atoms with Gasteiger partial charge in [0.25, 0.3) is 0 Å². The molecule has 8 rings (SSSR count). The van der Waals surface area contributed by atoms with Crippen LogP contribution in [0.15, 0.2) is 188 Å². The lowest BCUT2D eigenvalue weighted by molar-refractivity contribution is 0.459. The summed E-state index contributed by atoms with van der Waals surface area (Å²) in [5.74, 6) is 0. The second-order valence-electron chi connectivity index (χ2n) is 10.4. The van der Waals surface area contributed by atoms with Crippen LogP contribution in [0.5, 0.6) is 0 Å². The van der Waals surface area contributed by atoms with Gasteiger partial charge in [0.1, 0.15) is 0 Å². The SMILES string of the molecule is c1ccc(SOP(OSc2ccccc2)OS2(c3ccccc3)c3c(ccc4ccccc34)-c3ccc4ccccc4c32)cc1. The molecule has 1 aliphatic rings. The molecule has 0 atom stereocenters. The van der Waals surface area contributed by atoms with Gasteiger partial charge in [-0.1, -0.05) is 127 Å². The van der Waals surface area contributed by atoms with Gasteiger partial charge in [0.05, 0.1) is 0 Å². The van der Waals surface area contributed by atoms with Crippen LogP contribution in [-0.2, 0) is 11.9 Å². The fourth-order valence-corrected chi connectivity index (χ4v) is 13.4. The van der Waals surface area contributed by atoms with Gasteiger partial charge < -0.3 is 0 Å². The van der Waals surface area contributed by atoms with Crippen LogP contribution in [0.4, 0.5) is 0 Å². The van der Waals surface area contributed by atoms with Crippen LogP contribution in [0.3, 0.4) is 0 Å². The molecular formula is C38H27O3PS3. The maximum absolute atomic E-state index is 7.56. The lowest BCUT2D eigenvalue weighted by atomic mass is 9.99. The molecule has 220 valence electrons. The Morgan fingerprint density at radius 2 is 0.844 bits per heavy atom. The van der Waals surface area contributed by atoms with E-state index in [0.717, 1.165) is 14.7 Å². The van der Waals surface area contributed by atoms with Crippen molar-refractivity contribution in [3.8, 4) is 11.1 Å². The summed E-state index contributed by atoms with van der Waals surface area (Å²) in [6, 6.07) is 57.0. The second kappa shape index (κ2) is 12.7. The van der Waals surface area contributed by atoms with Gasteiger partial charge in [-0.2, -0.15) is 0 Å². The first-order valence-corrected chi connectivity index (χ1v) is 18.7. The highest BCUT2D eigenvalue weighted by Crippen LogP contribution is 2.83. The van der Waals surface area contributed by atoms with Gasteiger partial charge >= 0.3 is 8.60 Å². The average Bonchev–Trinajstić information content (AvgIpc) is 3.41. The summed E-state index contributed by atoms with van der Waals surface area (Å²) in [5, 5.41) is 4.70. The molecule has 7 heteroatoms. The third-order valence-electron chi connectivity index (χ3n) is 7.75. The van der Waals surface area contributed by atoms with E-state index < -0.39 is 18.9 Å². The van der Waals surface area contributed by atoms with Crippen LogP contribution in [-0.4, -0.2) is 0 Å². The van der Waals surface area contributed by atoms with E-state index in [9.17, 15) is 0 Å². The van der Waals surface area contributed by atoms with Crippen molar-refractivity contribution in [1.82, 2.24) is 0 Å². The summed E-state index contributed by atoms with van der Waals surface area (Å²) in [4.78, 5) is 5.44. The van der Waals surface area contributed by atoms with Crippen LogP contribution in [0.2, 0.25) is 0 Å². The minimum absolute atomic E-state index is 0.980. The van der Waals surface area contributed by atoms with Crippen LogP contribution >= 0.6 is 43.0 Å². The molecule has 0 spiro atoms. The number of benzene rings is 7. The van der Waals surface area contributed by atoms with Gasteiger partial charge in [-0.05, 0) is 79.4 Å². The van der Waals surface area contributed by atoms with E-state index in [-0.39, 0.29) is 0 Å². The summed E-state index contributed by atoms with van der Waals surface area (Å²) >= 11 is 2.58. The maximum Gasteiger partial charge on any atom is 0.369 e. The van der Waals surface area contributed by atoms with E-state index >= 15 is 0 Å². The highest BCUT2D eigenvalue weighted by Gasteiger charge is 2.47. The molecule has 7 aromatic carbocycles. The Balaban J connectivity index is 1.36. The number of hydrogen-bond acceptors (Lipinski definition) is 5. The molecule has 45 heavy (non-hydrogen) atoms. The normalized spacial score (nSPS) is 14.0. The van der Waals surface area contributed by atoms with Crippen LogP contribution < -0.4 is 0 Å². The Hall–Kier alpha value is -3.58. The topological polar surface area (TPSA) is 27.7 Å². The summed E-state index contributed by atoms with van der Waals surface area (Å²) in [6.45, 7) is 0. The Kier molecular flexibility index (Phi) is 8.12. The molecule has 0 amide bonds. The van der Waals surface area contributed by atoms with Gasteiger partial charge in [-0.15, -0.1) is 0 Å². The van der Waals surface area contributed by atoms with Crippen molar-refractivity contribution in [2.45, 2.75) is 24.5 Å². The third-order valence-corrected chi connectivity index (χ3v) is 14.6. The largest absolute Gasteiger partial charge is 0.369 e. The zero-order valence-corrected chi connectivity index (χ0v) is 27.3. The number of hydrogen-bond donors (Lipinski definition) is 0. The third kappa shape index (κ3) is 5.37. The lowest BCUT2D eigenvalue weighted by Crippen LogP contribution is -2.05. The van der Waals surface area contributed by atoms with E-state index in [4.69, 9.17) is 11.9 Å². The Labute approximate surface area is 274 Å². The predicted octanol–water partition coefficient (Wildman–Crippen LogP) is 12.9. The Morgan fingerprint density at radius 1 is 0.422 bits per heavy atom. The summed E-state index contributed by atoms with van der Waals surface area (Å²) in [7, 11) is -4.26. The smallest absolute Gasteiger partial charge is 0.248 e. The predicted molar refractivity (Wildman–Crippen MR) is 190 cm³/mol. The fourth-order valence-electron chi connectivity index (χ4n) is 5.82. The van der Waals surface area contributed by atoms with Gasteiger partial charge in [-0.3, -0.25) is 0 Å². The molecule has 0 unspecified atom stereocenters. The van der Waals surface area contributed by atoms with E-state index in [1.807, 2.05) is 60.7 Å². The molecule has 1 aliphatic heterocycles. The summed E-state index contributed by atoms with van der Waals surface area (Å²) in [6.07, 6.45) is 0. The van der Waals surface area contributed by atoms with E-state index in [1.54, 1.807) is 0 Å². The molecule has 0 aliphatic carbocycles. The first kappa shape index (κ1) is 28.9. The highest BCUT2D eigenvalue weighted by atomic mass is 32.3. The zero-order valence-electron chi connectivity index (χ0n) is 24.0. The minimum atomic E-state index is -2.37. The van der Waals surface area contributed by atoms with E-state index in [0.29, 0.717) is 0 Å². The van der Waals surface area contributed by atoms with Crippen LogP contribution in [0.1, 0.15) is 0 Å². The van der Waals surface area contributed by atoms with Gasteiger partial charge in [0.15, 0.2) is 0 Å². The summed E-state index contributed by atoms with van der Waals surface area (Å²) in [5.41, 5.74) is 2.38. The molecular weight excluding hydrogens is 632 g/mol. The maximum atomic E-state index is 7.56. The molecule has 0 radical (unpaired) electrons. The molecule has 0 N–H and O–H groups in total. The second-order valence-corrected chi connectivity index (χ2v) is 16.3. The van der Waals surface area contributed by atoms with Crippen LogP contribution in [0.25, 0.3) is 32.7 Å². The van der Waals surface area contributed by atoms with Crippen molar-refractivity contribution in [2.24, 2.45) is 0 Å². The summed E-state index contributed by atoms with van der Waals surface area (Å²) < 4.78 is 20.7. The molecule has 0 fully saturated rings. The number of rotatable bonds is 9. The Morgan fingerprint density at radius 3 is 1.33 bits per heavy atom. The lowest BCUT2D eigenvalue weighted by Gasteiger charge is -2.39. The van der Waals surface area contributed by atoms with Crippen molar-refractivity contribution >= 4 is 64.5 Å². The van der Waals surface area contributed by atoms with Gasteiger partial charge in [0.2, 0.25) is 0 Å². The first-order chi connectivity index (χ1) is 22.3. The molecule has 0 saturated heterocycles. The molecule has 0 bridgehead atoms. The molecule has 0 aromatic heterocycles. The van der Waals surface area contributed by atoms with E-state index in [1.165, 1.54) is 66.5 Å². The standard InChI is InChI=1S/C38H27O3PS3/c1-4-16-30(17-5-1)43-39-42(40-44-31-18-6-2-7-19-31)41-45(32-20-8-3-9-21-32)37-33-22-12-10-14-28(33)24-26-35(37)36-27-25-29-15-11-13-23-34(29)38(36)45/h1-27H. The van der Waals surface area contributed by atoms with Crippen molar-refractivity contribution in [3.63, 3.8) is 0 Å². The number of fused-ring (bicyclic) bond motifs is 7. The van der Waals surface area contributed by atoms with E-state index in [2.05, 4.69) is 103 Å². The Bertz CT molecular complexity index is 1980. The van der Waals surface area contributed by atoms with Gasteiger partial charge in [0, 0.05) is 48.6 Å². The van der Waals surface area contributed by atoms with Crippen molar-refractivity contribution in [3.05, 3.63) is 164 Å². The molecule has 7 aromatic rings. The van der Waals surface area contributed by atoms with Gasteiger partial charge in [-0.25, -0.2) is 11.9 Å². The van der Waals surface area contributed by atoms with Crippen molar-refractivity contribution in [2.75, 3.05) is 0 Å². The van der Waals surface area contributed by atoms with Crippen molar-refractivity contribution < 1.29 is 11.9 Å².